The minimum atomic E-state index is -1.86. The standard InChI is InChI=1S/C13H16FNO/c1-3-4-9-15-11-8-6-5-7-10(11)13(2,14)12(15)16/h5-8H,3-4,9H2,1-2H3. The van der Waals surface area contributed by atoms with Crippen LogP contribution in [0.25, 0.3) is 0 Å². The Kier molecular flexibility index (Phi) is 2.70. The van der Waals surface area contributed by atoms with E-state index in [0.717, 1.165) is 18.5 Å². The molecule has 3 heteroatoms. The van der Waals surface area contributed by atoms with Crippen molar-refractivity contribution in [1.82, 2.24) is 0 Å². The number of hydrogen-bond acceptors (Lipinski definition) is 1. The van der Waals surface area contributed by atoms with E-state index in [9.17, 15) is 9.18 Å². The van der Waals surface area contributed by atoms with Crippen LogP contribution in [-0.4, -0.2) is 12.5 Å². The summed E-state index contributed by atoms with van der Waals surface area (Å²) in [5.41, 5.74) is -0.633. The van der Waals surface area contributed by atoms with Crippen LogP contribution in [0.4, 0.5) is 10.1 Å². The normalized spacial score (nSPS) is 23.7. The third kappa shape index (κ3) is 1.51. The van der Waals surface area contributed by atoms with Crippen molar-refractivity contribution in [3.05, 3.63) is 29.8 Å². The van der Waals surface area contributed by atoms with Crippen molar-refractivity contribution in [2.45, 2.75) is 32.4 Å². The first-order valence-corrected chi connectivity index (χ1v) is 5.69. The molecular formula is C13H16FNO. The average Bonchev–Trinajstić information content (AvgIpc) is 2.47. The number of alkyl halides is 1. The van der Waals surface area contributed by atoms with Crippen molar-refractivity contribution in [1.29, 1.82) is 0 Å². The maximum absolute atomic E-state index is 14.3. The first-order valence-electron chi connectivity index (χ1n) is 5.69. The van der Waals surface area contributed by atoms with Crippen molar-refractivity contribution in [2.75, 3.05) is 11.4 Å². The van der Waals surface area contributed by atoms with Crippen LogP contribution in [0.1, 0.15) is 32.3 Å². The molecule has 16 heavy (non-hydrogen) atoms. The van der Waals surface area contributed by atoms with E-state index in [1.54, 1.807) is 17.0 Å². The summed E-state index contributed by atoms with van der Waals surface area (Å²) in [5.74, 6) is -0.429. The van der Waals surface area contributed by atoms with Gasteiger partial charge < -0.3 is 4.90 Å². The molecule has 0 aliphatic carbocycles. The van der Waals surface area contributed by atoms with E-state index in [2.05, 4.69) is 6.92 Å². The first kappa shape index (κ1) is 11.1. The van der Waals surface area contributed by atoms with Gasteiger partial charge in [0.05, 0.1) is 5.69 Å². The number of fused-ring (bicyclic) bond motifs is 1. The maximum atomic E-state index is 14.3. The highest BCUT2D eigenvalue weighted by Gasteiger charge is 2.47. The summed E-state index contributed by atoms with van der Waals surface area (Å²) >= 11 is 0. The maximum Gasteiger partial charge on any atom is 0.269 e. The minimum Gasteiger partial charge on any atom is -0.309 e. The van der Waals surface area contributed by atoms with Crippen molar-refractivity contribution in [3.63, 3.8) is 0 Å². The molecule has 0 fully saturated rings. The molecule has 1 aromatic rings. The zero-order valence-corrected chi connectivity index (χ0v) is 9.66. The Bertz CT molecular complexity index is 414. The molecule has 0 aromatic heterocycles. The summed E-state index contributed by atoms with van der Waals surface area (Å²) in [5, 5.41) is 0. The summed E-state index contributed by atoms with van der Waals surface area (Å²) in [6.45, 7) is 4.01. The van der Waals surface area contributed by atoms with Crippen LogP contribution >= 0.6 is 0 Å². The molecule has 2 rings (SSSR count). The number of rotatable bonds is 3. The van der Waals surface area contributed by atoms with Gasteiger partial charge in [-0.25, -0.2) is 4.39 Å². The number of benzene rings is 1. The average molecular weight is 221 g/mol. The van der Waals surface area contributed by atoms with Gasteiger partial charge in [-0.15, -0.1) is 0 Å². The molecule has 1 aromatic carbocycles. The Morgan fingerprint density at radius 2 is 2.06 bits per heavy atom. The SMILES string of the molecule is CCCCN1C(=O)C(C)(F)c2ccccc21. The van der Waals surface area contributed by atoms with E-state index in [-0.39, 0.29) is 0 Å². The summed E-state index contributed by atoms with van der Waals surface area (Å²) in [4.78, 5) is 13.5. The van der Waals surface area contributed by atoms with Gasteiger partial charge in [-0.05, 0) is 19.4 Å². The lowest BCUT2D eigenvalue weighted by atomic mass is 10.0. The molecule has 0 spiro atoms. The molecule has 0 bridgehead atoms. The molecule has 2 nitrogen and oxygen atoms in total. The second kappa shape index (κ2) is 3.89. The molecule has 1 atom stereocenters. The highest BCUT2D eigenvalue weighted by Crippen LogP contribution is 2.42. The summed E-state index contributed by atoms with van der Waals surface area (Å²) in [7, 11) is 0. The molecule has 0 radical (unpaired) electrons. The van der Waals surface area contributed by atoms with Crippen LogP contribution in [-0.2, 0) is 10.5 Å². The fourth-order valence-corrected chi connectivity index (χ4v) is 2.12. The Labute approximate surface area is 95.1 Å². The van der Waals surface area contributed by atoms with Gasteiger partial charge in [0.2, 0.25) is 5.67 Å². The Morgan fingerprint density at radius 3 is 2.75 bits per heavy atom. The number of nitrogens with zero attached hydrogens (tertiary/aromatic N) is 1. The van der Waals surface area contributed by atoms with Gasteiger partial charge >= 0.3 is 0 Å². The summed E-state index contributed by atoms with van der Waals surface area (Å²) < 4.78 is 14.3. The number of para-hydroxylation sites is 1. The zero-order chi connectivity index (χ0) is 11.8. The lowest BCUT2D eigenvalue weighted by molar-refractivity contribution is -0.128. The van der Waals surface area contributed by atoms with Gasteiger partial charge in [-0.1, -0.05) is 31.5 Å². The van der Waals surface area contributed by atoms with Crippen LogP contribution in [0.3, 0.4) is 0 Å². The first-order chi connectivity index (χ1) is 7.59. The second-order valence-electron chi connectivity index (χ2n) is 4.33. The van der Waals surface area contributed by atoms with Gasteiger partial charge in [0, 0.05) is 12.1 Å². The molecule has 86 valence electrons. The summed E-state index contributed by atoms with van der Waals surface area (Å²) in [6, 6.07) is 7.12. The van der Waals surface area contributed by atoms with Crippen molar-refractivity contribution < 1.29 is 9.18 Å². The molecule has 0 N–H and O–H groups in total. The van der Waals surface area contributed by atoms with Crippen molar-refractivity contribution >= 4 is 11.6 Å². The van der Waals surface area contributed by atoms with Crippen LogP contribution in [0.15, 0.2) is 24.3 Å². The topological polar surface area (TPSA) is 20.3 Å². The van der Waals surface area contributed by atoms with Gasteiger partial charge in [0.1, 0.15) is 0 Å². The highest BCUT2D eigenvalue weighted by atomic mass is 19.1. The fourth-order valence-electron chi connectivity index (χ4n) is 2.12. The lowest BCUT2D eigenvalue weighted by Crippen LogP contribution is -2.35. The van der Waals surface area contributed by atoms with E-state index in [4.69, 9.17) is 0 Å². The number of carbonyl (C=O) groups is 1. The van der Waals surface area contributed by atoms with E-state index in [1.165, 1.54) is 6.92 Å². The van der Waals surface area contributed by atoms with E-state index in [0.29, 0.717) is 12.1 Å². The zero-order valence-electron chi connectivity index (χ0n) is 9.66. The Balaban J connectivity index is 2.39. The van der Waals surface area contributed by atoms with E-state index in [1.807, 2.05) is 12.1 Å². The monoisotopic (exact) mass is 221 g/mol. The van der Waals surface area contributed by atoms with Gasteiger partial charge in [-0.3, -0.25) is 4.79 Å². The number of amides is 1. The van der Waals surface area contributed by atoms with Crippen LogP contribution in [0.5, 0.6) is 0 Å². The van der Waals surface area contributed by atoms with Crippen LogP contribution in [0, 0.1) is 0 Å². The van der Waals surface area contributed by atoms with Gasteiger partial charge in [-0.2, -0.15) is 0 Å². The smallest absolute Gasteiger partial charge is 0.269 e. The minimum absolute atomic E-state index is 0.429. The number of hydrogen-bond donors (Lipinski definition) is 0. The van der Waals surface area contributed by atoms with Crippen molar-refractivity contribution in [2.24, 2.45) is 0 Å². The molecule has 0 saturated carbocycles. The van der Waals surface area contributed by atoms with Gasteiger partial charge in [0.15, 0.2) is 0 Å². The fraction of sp³-hybridized carbons (Fsp3) is 0.462. The van der Waals surface area contributed by atoms with Crippen LogP contribution in [0.2, 0.25) is 0 Å². The van der Waals surface area contributed by atoms with E-state index >= 15 is 0 Å². The number of carbonyl (C=O) groups excluding carboxylic acids is 1. The third-order valence-electron chi connectivity index (χ3n) is 3.08. The molecule has 1 heterocycles. The number of unbranched alkanes of at least 4 members (excludes halogenated alkanes) is 1. The van der Waals surface area contributed by atoms with Crippen LogP contribution < -0.4 is 4.90 Å². The number of halogens is 1. The third-order valence-corrected chi connectivity index (χ3v) is 3.08. The predicted molar refractivity (Wildman–Crippen MR) is 62.2 cm³/mol. The molecular weight excluding hydrogens is 205 g/mol. The lowest BCUT2D eigenvalue weighted by Gasteiger charge is -2.17. The molecule has 1 aliphatic heterocycles. The summed E-state index contributed by atoms with van der Waals surface area (Å²) in [6.07, 6.45) is 1.89. The van der Waals surface area contributed by atoms with Gasteiger partial charge in [0.25, 0.3) is 5.91 Å². The second-order valence-corrected chi connectivity index (χ2v) is 4.33. The highest BCUT2D eigenvalue weighted by molar-refractivity contribution is 6.06. The quantitative estimate of drug-likeness (QED) is 0.768. The predicted octanol–water partition coefficient (Wildman–Crippen LogP) is 3.02. The number of anilines is 1. The largest absolute Gasteiger partial charge is 0.309 e. The molecule has 0 saturated heterocycles. The van der Waals surface area contributed by atoms with E-state index < -0.39 is 11.6 Å². The Morgan fingerprint density at radius 1 is 1.38 bits per heavy atom. The molecule has 1 aliphatic rings. The molecule has 1 unspecified atom stereocenters. The van der Waals surface area contributed by atoms with Crippen molar-refractivity contribution in [3.8, 4) is 0 Å². The Hall–Kier alpha value is -1.38. The molecule has 1 amide bonds.